The summed E-state index contributed by atoms with van der Waals surface area (Å²) in [5.74, 6) is 0.173. The first-order valence-electron chi connectivity index (χ1n) is 9.59. The van der Waals surface area contributed by atoms with Gasteiger partial charge in [-0.2, -0.15) is 0 Å². The van der Waals surface area contributed by atoms with Gasteiger partial charge in [0.25, 0.3) is 5.91 Å². The molecule has 4 nitrogen and oxygen atoms in total. The van der Waals surface area contributed by atoms with Crippen molar-refractivity contribution in [3.05, 3.63) is 29.8 Å². The number of hydrogen-bond donors (Lipinski definition) is 1. The van der Waals surface area contributed by atoms with Crippen LogP contribution in [0.5, 0.6) is 0 Å². The number of hydrogen-bond acceptors (Lipinski definition) is 3. The summed E-state index contributed by atoms with van der Waals surface area (Å²) in [6, 6.07) is 9.89. The van der Waals surface area contributed by atoms with E-state index < -0.39 is 0 Å². The van der Waals surface area contributed by atoms with Crippen molar-refractivity contribution < 1.29 is 4.79 Å². The van der Waals surface area contributed by atoms with Gasteiger partial charge in [-0.25, -0.2) is 0 Å². The number of amides is 1. The second-order valence-electron chi connectivity index (χ2n) is 7.77. The van der Waals surface area contributed by atoms with Crippen LogP contribution in [0.15, 0.2) is 24.3 Å². The van der Waals surface area contributed by atoms with Crippen molar-refractivity contribution in [2.75, 3.05) is 25.0 Å². The molecule has 4 rings (SSSR count). The average molecular weight is 327 g/mol. The van der Waals surface area contributed by atoms with Crippen LogP contribution in [0.4, 0.5) is 5.69 Å². The van der Waals surface area contributed by atoms with Crippen LogP contribution >= 0.6 is 0 Å². The van der Waals surface area contributed by atoms with E-state index in [2.05, 4.69) is 22.3 Å². The van der Waals surface area contributed by atoms with Crippen LogP contribution in [0, 0.1) is 0 Å². The van der Waals surface area contributed by atoms with Gasteiger partial charge in [-0.15, -0.1) is 0 Å². The molecule has 1 aromatic carbocycles. The molecular weight excluding hydrogens is 298 g/mol. The fraction of sp³-hybridized carbons (Fsp3) is 0.650. The molecule has 24 heavy (non-hydrogen) atoms. The van der Waals surface area contributed by atoms with Crippen LogP contribution in [0.1, 0.15) is 55.3 Å². The Balaban J connectivity index is 1.42. The second-order valence-corrected chi connectivity index (χ2v) is 7.77. The minimum atomic E-state index is 0.173. The highest BCUT2D eigenvalue weighted by molar-refractivity contribution is 5.94. The quantitative estimate of drug-likeness (QED) is 0.927. The van der Waals surface area contributed by atoms with Crippen molar-refractivity contribution in [3.8, 4) is 0 Å². The molecule has 2 atom stereocenters. The molecule has 3 saturated heterocycles. The molecule has 3 heterocycles. The molecule has 1 N–H and O–H groups in total. The fourth-order valence-electron chi connectivity index (χ4n) is 4.68. The molecule has 1 amide bonds. The number of carbonyl (C=O) groups is 1. The molecule has 2 unspecified atom stereocenters. The Morgan fingerprint density at radius 2 is 1.67 bits per heavy atom. The van der Waals surface area contributed by atoms with E-state index in [1.165, 1.54) is 37.8 Å². The Bertz CT molecular complexity index is 567. The highest BCUT2D eigenvalue weighted by Gasteiger charge is 2.36. The largest absolute Gasteiger partial charge is 0.372 e. The second kappa shape index (κ2) is 6.75. The van der Waals surface area contributed by atoms with E-state index in [4.69, 9.17) is 0 Å². The predicted molar refractivity (Wildman–Crippen MR) is 97.6 cm³/mol. The lowest BCUT2D eigenvalue weighted by Crippen LogP contribution is -2.48. The van der Waals surface area contributed by atoms with E-state index in [0.717, 1.165) is 31.5 Å². The van der Waals surface area contributed by atoms with Crippen LogP contribution in [0.3, 0.4) is 0 Å². The maximum atomic E-state index is 12.9. The fourth-order valence-corrected chi connectivity index (χ4v) is 4.68. The summed E-state index contributed by atoms with van der Waals surface area (Å²) in [4.78, 5) is 17.3. The first-order valence-corrected chi connectivity index (χ1v) is 9.59. The molecule has 4 heteroatoms. The summed E-state index contributed by atoms with van der Waals surface area (Å²) in [7, 11) is 1.98. The van der Waals surface area contributed by atoms with Crippen LogP contribution < -0.4 is 10.2 Å². The van der Waals surface area contributed by atoms with Crippen molar-refractivity contribution in [2.24, 2.45) is 0 Å². The molecule has 2 bridgehead atoms. The number of fused-ring (bicyclic) bond motifs is 2. The Kier molecular flexibility index (Phi) is 4.49. The maximum Gasteiger partial charge on any atom is 0.253 e. The third-order valence-electron chi connectivity index (χ3n) is 6.15. The Morgan fingerprint density at radius 3 is 2.29 bits per heavy atom. The summed E-state index contributed by atoms with van der Waals surface area (Å²) in [5.41, 5.74) is 2.08. The molecule has 0 spiro atoms. The predicted octanol–water partition coefficient (Wildman–Crippen LogP) is 3.03. The number of piperidine rings is 2. The summed E-state index contributed by atoms with van der Waals surface area (Å²) >= 11 is 0. The van der Waals surface area contributed by atoms with Crippen LogP contribution in [-0.4, -0.2) is 49.1 Å². The first kappa shape index (κ1) is 15.9. The topological polar surface area (TPSA) is 35.6 Å². The van der Waals surface area contributed by atoms with Gasteiger partial charge in [0.2, 0.25) is 0 Å². The van der Waals surface area contributed by atoms with Crippen molar-refractivity contribution in [1.29, 1.82) is 0 Å². The van der Waals surface area contributed by atoms with Crippen molar-refractivity contribution in [2.45, 2.75) is 63.1 Å². The lowest BCUT2D eigenvalue weighted by atomic mass is 9.98. The smallest absolute Gasteiger partial charge is 0.253 e. The van der Waals surface area contributed by atoms with Crippen molar-refractivity contribution >= 4 is 11.6 Å². The van der Waals surface area contributed by atoms with Gasteiger partial charge in [-0.3, -0.25) is 4.79 Å². The Morgan fingerprint density at radius 1 is 1.04 bits per heavy atom. The first-order chi connectivity index (χ1) is 11.7. The van der Waals surface area contributed by atoms with Gasteiger partial charge < -0.3 is 15.1 Å². The number of nitrogens with one attached hydrogen (secondary N) is 1. The maximum absolute atomic E-state index is 12.9. The molecule has 0 aromatic heterocycles. The van der Waals surface area contributed by atoms with E-state index in [9.17, 15) is 4.79 Å². The number of carbonyl (C=O) groups excluding carboxylic acids is 1. The molecule has 1 aromatic rings. The van der Waals surface area contributed by atoms with Crippen LogP contribution in [0.25, 0.3) is 0 Å². The van der Waals surface area contributed by atoms with Crippen molar-refractivity contribution in [1.82, 2.24) is 10.2 Å². The van der Waals surface area contributed by atoms with Gasteiger partial charge in [0.05, 0.1) is 0 Å². The third-order valence-corrected chi connectivity index (χ3v) is 6.15. The lowest BCUT2D eigenvalue weighted by Gasteiger charge is -2.35. The lowest BCUT2D eigenvalue weighted by molar-refractivity contribution is 0.0681. The molecule has 0 saturated carbocycles. The van der Waals surface area contributed by atoms with Gasteiger partial charge in [-0.1, -0.05) is 0 Å². The molecule has 3 aliphatic rings. The molecule has 130 valence electrons. The third kappa shape index (κ3) is 3.16. The number of nitrogens with zero attached hydrogens (tertiary/aromatic N) is 2. The Labute approximate surface area is 145 Å². The zero-order chi connectivity index (χ0) is 16.5. The van der Waals surface area contributed by atoms with Gasteiger partial charge in [-0.05, 0) is 69.2 Å². The van der Waals surface area contributed by atoms with Gasteiger partial charge >= 0.3 is 0 Å². The zero-order valence-corrected chi connectivity index (χ0v) is 14.7. The van der Waals surface area contributed by atoms with E-state index in [0.29, 0.717) is 18.1 Å². The van der Waals surface area contributed by atoms with Crippen molar-refractivity contribution in [3.63, 3.8) is 0 Å². The molecular formula is C20H29N3O. The van der Waals surface area contributed by atoms with E-state index in [-0.39, 0.29) is 5.91 Å². The number of anilines is 1. The van der Waals surface area contributed by atoms with Gasteiger partial charge in [0.15, 0.2) is 0 Å². The number of benzene rings is 1. The summed E-state index contributed by atoms with van der Waals surface area (Å²) < 4.78 is 0. The van der Waals surface area contributed by atoms with E-state index in [1.807, 2.05) is 24.1 Å². The molecule has 3 aliphatic heterocycles. The minimum absolute atomic E-state index is 0.173. The summed E-state index contributed by atoms with van der Waals surface area (Å²) in [6.45, 7) is 2.29. The normalized spacial score (nSPS) is 29.5. The number of rotatable bonds is 3. The van der Waals surface area contributed by atoms with Crippen LogP contribution in [-0.2, 0) is 0 Å². The average Bonchev–Trinajstić information content (AvgIpc) is 2.99. The highest BCUT2D eigenvalue weighted by Crippen LogP contribution is 2.30. The molecule has 3 fully saturated rings. The molecule has 0 radical (unpaired) electrons. The van der Waals surface area contributed by atoms with E-state index in [1.54, 1.807) is 0 Å². The van der Waals surface area contributed by atoms with Crippen LogP contribution in [0.2, 0.25) is 0 Å². The minimum Gasteiger partial charge on any atom is -0.372 e. The summed E-state index contributed by atoms with van der Waals surface area (Å²) in [6.07, 6.45) is 8.65. The zero-order valence-electron chi connectivity index (χ0n) is 14.7. The van der Waals surface area contributed by atoms with E-state index >= 15 is 0 Å². The van der Waals surface area contributed by atoms with Gasteiger partial charge in [0, 0.05) is 49.5 Å². The molecule has 0 aliphatic carbocycles. The highest BCUT2D eigenvalue weighted by atomic mass is 16.2. The Hall–Kier alpha value is -1.55. The summed E-state index contributed by atoms with van der Waals surface area (Å²) in [5, 5.41) is 3.65. The SMILES string of the molecule is CN(C(=O)c1ccc(N2CCCCC2)cc1)C1CC2CCC(C1)N2. The standard InChI is InChI=1S/C20H29N3O/c1-22(19-13-16-7-8-17(14-19)21-16)20(24)15-5-9-18(10-6-15)23-11-3-2-4-12-23/h5-6,9-10,16-17,19,21H,2-4,7-8,11-14H2,1H3. The monoisotopic (exact) mass is 327 g/mol. The van der Waals surface area contributed by atoms with Gasteiger partial charge in [0.1, 0.15) is 0 Å².